The molecule has 4 amide bonds. The molecule has 0 saturated heterocycles. The van der Waals surface area contributed by atoms with E-state index in [1.54, 1.807) is 30.3 Å². The number of primary amides is 1. The molecular formula is C23H36N6O6. The van der Waals surface area contributed by atoms with E-state index in [9.17, 15) is 29.1 Å². The highest BCUT2D eigenvalue weighted by Crippen LogP contribution is 2.06. The van der Waals surface area contributed by atoms with Gasteiger partial charge in [-0.25, -0.2) is 4.79 Å². The van der Waals surface area contributed by atoms with Gasteiger partial charge in [-0.2, -0.15) is 0 Å². The molecule has 12 nitrogen and oxygen atoms in total. The molecule has 1 aromatic rings. The zero-order valence-corrected chi connectivity index (χ0v) is 19.9. The van der Waals surface area contributed by atoms with E-state index in [1.165, 1.54) is 6.92 Å². The Balaban J connectivity index is 2.81. The average molecular weight is 493 g/mol. The number of carboxylic acid groups (broad SMARTS) is 1. The second-order valence-corrected chi connectivity index (χ2v) is 8.28. The first-order valence-corrected chi connectivity index (χ1v) is 11.5. The van der Waals surface area contributed by atoms with Gasteiger partial charge in [-0.1, -0.05) is 36.8 Å². The van der Waals surface area contributed by atoms with E-state index >= 15 is 0 Å². The summed E-state index contributed by atoms with van der Waals surface area (Å²) in [5, 5.41) is 16.9. The van der Waals surface area contributed by atoms with E-state index in [-0.39, 0.29) is 19.3 Å². The lowest BCUT2D eigenvalue weighted by atomic mass is 10.0. The standard InChI is InChI=1S/C23H36N6O6/c1-14(27-21(32)16(25)9-5-6-12-24)20(31)28-17(10-11-19(26)30)22(33)29-18(23(34)35)13-15-7-3-2-4-8-15/h2-4,7-8,14,16-18H,5-6,9-13,24-25H2,1H3,(H2,26,30)(H,27,32)(H,28,31)(H,29,33)(H,34,35). The largest absolute Gasteiger partial charge is 0.480 e. The Morgan fingerprint density at radius 3 is 2.09 bits per heavy atom. The number of nitrogens with two attached hydrogens (primary N) is 3. The summed E-state index contributed by atoms with van der Waals surface area (Å²) in [6, 6.07) is 4.34. The van der Waals surface area contributed by atoms with E-state index in [1.807, 2.05) is 0 Å². The van der Waals surface area contributed by atoms with Gasteiger partial charge >= 0.3 is 5.97 Å². The second-order valence-electron chi connectivity index (χ2n) is 8.28. The molecule has 0 aliphatic rings. The van der Waals surface area contributed by atoms with Crippen LogP contribution in [0.3, 0.4) is 0 Å². The third-order valence-corrected chi connectivity index (χ3v) is 5.27. The lowest BCUT2D eigenvalue weighted by molar-refractivity contribution is -0.142. The summed E-state index contributed by atoms with van der Waals surface area (Å²) < 4.78 is 0. The molecule has 10 N–H and O–H groups in total. The van der Waals surface area contributed by atoms with Gasteiger partial charge in [0.15, 0.2) is 0 Å². The van der Waals surface area contributed by atoms with Crippen molar-refractivity contribution in [1.29, 1.82) is 0 Å². The topological polar surface area (TPSA) is 220 Å². The zero-order chi connectivity index (χ0) is 26.4. The van der Waals surface area contributed by atoms with Gasteiger partial charge in [0.05, 0.1) is 6.04 Å². The van der Waals surface area contributed by atoms with Crippen LogP contribution in [0.25, 0.3) is 0 Å². The van der Waals surface area contributed by atoms with Crippen molar-refractivity contribution in [2.24, 2.45) is 17.2 Å². The number of unbranched alkanes of at least 4 members (excludes halogenated alkanes) is 1. The molecule has 0 bridgehead atoms. The van der Waals surface area contributed by atoms with Crippen LogP contribution in [0.15, 0.2) is 30.3 Å². The Hall–Kier alpha value is -3.51. The minimum Gasteiger partial charge on any atom is -0.480 e. The average Bonchev–Trinajstić information content (AvgIpc) is 2.81. The molecule has 4 atom stereocenters. The SMILES string of the molecule is CC(NC(=O)C(N)CCCCN)C(=O)NC(CCC(N)=O)C(=O)NC(Cc1ccccc1)C(=O)O. The summed E-state index contributed by atoms with van der Waals surface area (Å²) >= 11 is 0. The quantitative estimate of drug-likeness (QED) is 0.134. The van der Waals surface area contributed by atoms with Crippen LogP contribution in [0.2, 0.25) is 0 Å². The van der Waals surface area contributed by atoms with Crippen LogP contribution in [-0.4, -0.2) is 65.4 Å². The number of amides is 4. The first kappa shape index (κ1) is 29.5. The molecule has 194 valence electrons. The minimum absolute atomic E-state index is 0.0207. The lowest BCUT2D eigenvalue weighted by Gasteiger charge is -2.23. The van der Waals surface area contributed by atoms with Crippen LogP contribution in [0.5, 0.6) is 0 Å². The van der Waals surface area contributed by atoms with Crippen LogP contribution >= 0.6 is 0 Å². The number of rotatable bonds is 16. The molecule has 0 fully saturated rings. The fraction of sp³-hybridized carbons (Fsp3) is 0.522. The second kappa shape index (κ2) is 15.4. The molecule has 4 unspecified atom stereocenters. The number of benzene rings is 1. The van der Waals surface area contributed by atoms with Crippen molar-refractivity contribution < 1.29 is 29.1 Å². The third kappa shape index (κ3) is 11.5. The maximum Gasteiger partial charge on any atom is 0.326 e. The van der Waals surface area contributed by atoms with Crippen LogP contribution in [0, 0.1) is 0 Å². The van der Waals surface area contributed by atoms with Crippen LogP contribution in [0.1, 0.15) is 44.6 Å². The Bertz CT molecular complexity index is 865. The van der Waals surface area contributed by atoms with Crippen molar-refractivity contribution in [2.45, 2.75) is 69.6 Å². The van der Waals surface area contributed by atoms with E-state index in [2.05, 4.69) is 16.0 Å². The van der Waals surface area contributed by atoms with Gasteiger partial charge in [-0.3, -0.25) is 19.2 Å². The number of carbonyl (C=O) groups excluding carboxylic acids is 4. The molecule has 0 heterocycles. The molecule has 12 heteroatoms. The molecule has 0 aliphatic carbocycles. The summed E-state index contributed by atoms with van der Waals surface area (Å²) in [6.45, 7) is 1.90. The highest BCUT2D eigenvalue weighted by molar-refractivity contribution is 5.94. The van der Waals surface area contributed by atoms with E-state index in [0.717, 1.165) is 6.42 Å². The maximum atomic E-state index is 12.8. The lowest BCUT2D eigenvalue weighted by Crippen LogP contribution is -2.56. The van der Waals surface area contributed by atoms with Gasteiger partial charge in [0, 0.05) is 12.8 Å². The fourth-order valence-corrected chi connectivity index (χ4v) is 3.20. The molecular weight excluding hydrogens is 456 g/mol. The molecule has 0 saturated carbocycles. The van der Waals surface area contributed by atoms with Crippen molar-refractivity contribution in [3.63, 3.8) is 0 Å². The summed E-state index contributed by atoms with van der Waals surface area (Å²) in [5.41, 5.74) is 17.1. The number of aliphatic carboxylic acids is 1. The van der Waals surface area contributed by atoms with Gasteiger partial charge in [0.1, 0.15) is 18.1 Å². The van der Waals surface area contributed by atoms with Crippen molar-refractivity contribution >= 4 is 29.6 Å². The molecule has 1 rings (SSSR count). The Morgan fingerprint density at radius 1 is 0.886 bits per heavy atom. The molecule has 1 aromatic carbocycles. The Morgan fingerprint density at radius 2 is 1.51 bits per heavy atom. The van der Waals surface area contributed by atoms with Gasteiger partial charge in [-0.05, 0) is 38.3 Å². The number of hydrogen-bond acceptors (Lipinski definition) is 7. The van der Waals surface area contributed by atoms with Crippen LogP contribution < -0.4 is 33.2 Å². The Labute approximate surface area is 204 Å². The number of carbonyl (C=O) groups is 5. The monoisotopic (exact) mass is 492 g/mol. The number of carboxylic acids is 1. The zero-order valence-electron chi connectivity index (χ0n) is 19.9. The number of hydrogen-bond donors (Lipinski definition) is 7. The van der Waals surface area contributed by atoms with Gasteiger partial charge in [0.25, 0.3) is 0 Å². The Kier molecular flexibility index (Phi) is 13.0. The van der Waals surface area contributed by atoms with Crippen molar-refractivity contribution in [2.75, 3.05) is 6.54 Å². The van der Waals surface area contributed by atoms with Gasteiger partial charge < -0.3 is 38.3 Å². The van der Waals surface area contributed by atoms with Gasteiger partial charge in [-0.15, -0.1) is 0 Å². The molecule has 35 heavy (non-hydrogen) atoms. The highest BCUT2D eigenvalue weighted by atomic mass is 16.4. The highest BCUT2D eigenvalue weighted by Gasteiger charge is 2.29. The first-order chi connectivity index (χ1) is 16.5. The van der Waals surface area contributed by atoms with E-state index in [4.69, 9.17) is 17.2 Å². The number of nitrogens with one attached hydrogen (secondary N) is 3. The molecule has 0 radical (unpaired) electrons. The predicted molar refractivity (Wildman–Crippen MR) is 129 cm³/mol. The molecule has 0 spiro atoms. The van der Waals surface area contributed by atoms with Crippen molar-refractivity contribution in [3.05, 3.63) is 35.9 Å². The van der Waals surface area contributed by atoms with Crippen LogP contribution in [-0.2, 0) is 30.4 Å². The third-order valence-electron chi connectivity index (χ3n) is 5.27. The predicted octanol–water partition coefficient (Wildman–Crippen LogP) is -1.49. The maximum absolute atomic E-state index is 12.8. The van der Waals surface area contributed by atoms with Crippen LogP contribution in [0.4, 0.5) is 0 Å². The summed E-state index contributed by atoms with van der Waals surface area (Å²) in [5.74, 6) is -3.98. The fourth-order valence-electron chi connectivity index (χ4n) is 3.20. The first-order valence-electron chi connectivity index (χ1n) is 11.5. The van der Waals surface area contributed by atoms with E-state index in [0.29, 0.717) is 24.9 Å². The molecule has 0 aromatic heterocycles. The normalized spacial score (nSPS) is 14.1. The minimum atomic E-state index is -1.26. The molecule has 0 aliphatic heterocycles. The summed E-state index contributed by atoms with van der Waals surface area (Å²) in [4.78, 5) is 60.6. The van der Waals surface area contributed by atoms with Crippen molar-refractivity contribution in [3.8, 4) is 0 Å². The smallest absolute Gasteiger partial charge is 0.326 e. The van der Waals surface area contributed by atoms with E-state index < -0.39 is 53.8 Å². The van der Waals surface area contributed by atoms with Gasteiger partial charge in [0.2, 0.25) is 23.6 Å². The summed E-state index contributed by atoms with van der Waals surface area (Å²) in [6.07, 6.45) is 1.43. The van der Waals surface area contributed by atoms with Crippen molar-refractivity contribution in [1.82, 2.24) is 16.0 Å². The summed E-state index contributed by atoms with van der Waals surface area (Å²) in [7, 11) is 0.